The number of sulfone groups is 1. The van der Waals surface area contributed by atoms with Crippen molar-refractivity contribution < 1.29 is 17.2 Å². The SMILES string of the molecule is O=S(=O)(CF)c1ccc(C2=C(c3ccc(F)c(Cl)c3)CC3(CC3)C2)cc1. The van der Waals surface area contributed by atoms with Crippen molar-refractivity contribution in [3.8, 4) is 0 Å². The Morgan fingerprint density at radius 3 is 2.08 bits per heavy atom. The van der Waals surface area contributed by atoms with Gasteiger partial charge in [0.1, 0.15) is 5.82 Å². The minimum Gasteiger partial charge on any atom is -0.233 e. The van der Waals surface area contributed by atoms with Gasteiger partial charge in [0.2, 0.25) is 9.84 Å². The van der Waals surface area contributed by atoms with E-state index in [1.807, 2.05) is 0 Å². The standard InChI is InChI=1S/C20H17ClF2O2S/c21-18-9-14(3-6-19(18)23)17-11-20(7-8-20)10-16(17)13-1-4-15(5-2-13)26(24,25)12-22/h1-6,9H,7-8,10-12H2. The minimum atomic E-state index is -3.87. The van der Waals surface area contributed by atoms with Crippen LogP contribution in [0, 0.1) is 11.2 Å². The van der Waals surface area contributed by atoms with E-state index in [4.69, 9.17) is 11.6 Å². The van der Waals surface area contributed by atoms with Crippen LogP contribution in [0.4, 0.5) is 8.78 Å². The van der Waals surface area contributed by atoms with Gasteiger partial charge in [-0.05, 0) is 77.6 Å². The number of hydrogen-bond acceptors (Lipinski definition) is 2. The predicted molar refractivity (Wildman–Crippen MR) is 98.7 cm³/mol. The summed E-state index contributed by atoms with van der Waals surface area (Å²) in [6, 6.07) is 9.70. The number of benzene rings is 2. The molecule has 136 valence electrons. The number of hydrogen-bond donors (Lipinski definition) is 0. The number of alkyl halides is 1. The normalized spacial score (nSPS) is 18.6. The Bertz CT molecular complexity index is 1010. The molecule has 0 saturated heterocycles. The third-order valence-corrected chi connectivity index (χ3v) is 6.97. The molecule has 1 spiro atoms. The summed E-state index contributed by atoms with van der Waals surface area (Å²) in [7, 11) is -3.87. The average Bonchev–Trinajstić information content (AvgIpc) is 3.28. The smallest absolute Gasteiger partial charge is 0.207 e. The summed E-state index contributed by atoms with van der Waals surface area (Å²) in [6.07, 6.45) is 4.13. The van der Waals surface area contributed by atoms with Crippen molar-refractivity contribution in [3.63, 3.8) is 0 Å². The number of halogens is 3. The molecule has 2 aliphatic rings. The van der Waals surface area contributed by atoms with E-state index in [0.717, 1.165) is 48.0 Å². The maximum atomic E-state index is 13.5. The van der Waals surface area contributed by atoms with Gasteiger partial charge in [-0.2, -0.15) is 0 Å². The van der Waals surface area contributed by atoms with Gasteiger partial charge in [-0.1, -0.05) is 29.8 Å². The largest absolute Gasteiger partial charge is 0.233 e. The highest BCUT2D eigenvalue weighted by atomic mass is 35.5. The molecule has 2 aliphatic carbocycles. The van der Waals surface area contributed by atoms with Gasteiger partial charge in [0.05, 0.1) is 9.92 Å². The third kappa shape index (κ3) is 3.08. The second kappa shape index (κ2) is 6.17. The molecule has 2 aromatic carbocycles. The van der Waals surface area contributed by atoms with Crippen molar-refractivity contribution >= 4 is 32.6 Å². The molecule has 0 atom stereocenters. The average molecular weight is 395 g/mol. The van der Waals surface area contributed by atoms with Gasteiger partial charge in [0.15, 0.2) is 6.01 Å². The molecule has 1 fully saturated rings. The molecule has 26 heavy (non-hydrogen) atoms. The summed E-state index contributed by atoms with van der Waals surface area (Å²) in [5.74, 6) is -0.447. The molecule has 6 heteroatoms. The molecule has 0 aliphatic heterocycles. The van der Waals surface area contributed by atoms with Crippen molar-refractivity contribution in [2.24, 2.45) is 5.41 Å². The molecule has 2 aromatic rings. The summed E-state index contributed by atoms with van der Waals surface area (Å²) >= 11 is 5.96. The summed E-state index contributed by atoms with van der Waals surface area (Å²) in [4.78, 5) is -0.0186. The van der Waals surface area contributed by atoms with E-state index in [1.54, 1.807) is 24.3 Å². The first-order chi connectivity index (χ1) is 12.3. The summed E-state index contributed by atoms with van der Waals surface area (Å²) < 4.78 is 49.5. The van der Waals surface area contributed by atoms with E-state index in [1.165, 1.54) is 18.2 Å². The fourth-order valence-electron chi connectivity index (χ4n) is 3.72. The highest BCUT2D eigenvalue weighted by molar-refractivity contribution is 7.91. The highest BCUT2D eigenvalue weighted by Crippen LogP contribution is 2.63. The van der Waals surface area contributed by atoms with Gasteiger partial charge in [0, 0.05) is 0 Å². The number of rotatable bonds is 4. The van der Waals surface area contributed by atoms with Crippen LogP contribution in [0.5, 0.6) is 0 Å². The minimum absolute atomic E-state index is 0.0186. The highest BCUT2D eigenvalue weighted by Gasteiger charge is 2.48. The quantitative estimate of drug-likeness (QED) is 0.670. The van der Waals surface area contributed by atoms with Crippen LogP contribution >= 0.6 is 11.6 Å². The molecule has 0 radical (unpaired) electrons. The first kappa shape index (κ1) is 17.7. The Morgan fingerprint density at radius 2 is 1.54 bits per heavy atom. The van der Waals surface area contributed by atoms with Gasteiger partial charge >= 0.3 is 0 Å². The lowest BCUT2D eigenvalue weighted by Gasteiger charge is -2.10. The topological polar surface area (TPSA) is 34.1 Å². The van der Waals surface area contributed by atoms with Gasteiger partial charge in [-0.15, -0.1) is 0 Å². The fourth-order valence-corrected chi connectivity index (χ4v) is 4.58. The molecule has 0 heterocycles. The third-order valence-electron chi connectivity index (χ3n) is 5.40. The zero-order chi connectivity index (χ0) is 18.5. The lowest BCUT2D eigenvalue weighted by molar-refractivity contribution is 0.534. The molecular weight excluding hydrogens is 378 g/mol. The van der Waals surface area contributed by atoms with Crippen molar-refractivity contribution in [1.82, 2.24) is 0 Å². The van der Waals surface area contributed by atoms with Crippen molar-refractivity contribution in [1.29, 1.82) is 0 Å². The molecular formula is C20H17ClF2O2S. The van der Waals surface area contributed by atoms with Crippen molar-refractivity contribution in [2.45, 2.75) is 30.6 Å². The van der Waals surface area contributed by atoms with E-state index in [-0.39, 0.29) is 15.3 Å². The van der Waals surface area contributed by atoms with E-state index < -0.39 is 21.7 Å². The van der Waals surface area contributed by atoms with E-state index in [9.17, 15) is 17.2 Å². The molecule has 0 unspecified atom stereocenters. The monoisotopic (exact) mass is 394 g/mol. The van der Waals surface area contributed by atoms with Gasteiger partial charge in [0.25, 0.3) is 0 Å². The molecule has 0 bridgehead atoms. The van der Waals surface area contributed by atoms with Crippen LogP contribution in [-0.4, -0.2) is 14.4 Å². The van der Waals surface area contributed by atoms with Crippen LogP contribution in [-0.2, 0) is 9.84 Å². The van der Waals surface area contributed by atoms with E-state index in [0.29, 0.717) is 0 Å². The summed E-state index contributed by atoms with van der Waals surface area (Å²) in [5.41, 5.74) is 4.35. The summed E-state index contributed by atoms with van der Waals surface area (Å²) in [6.45, 7) is 0. The van der Waals surface area contributed by atoms with Crippen molar-refractivity contribution in [2.75, 3.05) is 6.01 Å². The zero-order valence-corrected chi connectivity index (χ0v) is 15.5. The van der Waals surface area contributed by atoms with E-state index >= 15 is 0 Å². The fraction of sp³-hybridized carbons (Fsp3) is 0.300. The lowest BCUT2D eigenvalue weighted by atomic mass is 9.97. The van der Waals surface area contributed by atoms with E-state index in [2.05, 4.69) is 0 Å². The Kier molecular flexibility index (Phi) is 4.20. The van der Waals surface area contributed by atoms with Crippen LogP contribution in [0.2, 0.25) is 5.02 Å². The second-order valence-electron chi connectivity index (χ2n) is 7.19. The molecule has 4 rings (SSSR count). The first-order valence-electron chi connectivity index (χ1n) is 8.40. The molecule has 0 amide bonds. The van der Waals surface area contributed by atoms with Crippen LogP contribution in [0.15, 0.2) is 47.4 Å². The van der Waals surface area contributed by atoms with Gasteiger partial charge in [-0.3, -0.25) is 0 Å². The maximum Gasteiger partial charge on any atom is 0.207 e. The summed E-state index contributed by atoms with van der Waals surface area (Å²) in [5, 5.41) is 0.0930. The Labute approximate surface area is 156 Å². The predicted octanol–water partition coefficient (Wildman–Crippen LogP) is 5.66. The Balaban J connectivity index is 1.77. The van der Waals surface area contributed by atoms with Crippen LogP contribution in [0.25, 0.3) is 11.1 Å². The van der Waals surface area contributed by atoms with Crippen LogP contribution < -0.4 is 0 Å². The molecule has 2 nitrogen and oxygen atoms in total. The molecule has 0 aromatic heterocycles. The van der Waals surface area contributed by atoms with Gasteiger partial charge < -0.3 is 0 Å². The van der Waals surface area contributed by atoms with Crippen LogP contribution in [0.1, 0.15) is 36.8 Å². The number of allylic oxidation sites excluding steroid dienone is 2. The molecule has 1 saturated carbocycles. The van der Waals surface area contributed by atoms with Crippen molar-refractivity contribution in [3.05, 3.63) is 64.4 Å². The van der Waals surface area contributed by atoms with Gasteiger partial charge in [-0.25, -0.2) is 17.2 Å². The maximum absolute atomic E-state index is 13.5. The second-order valence-corrected chi connectivity index (χ2v) is 9.51. The lowest BCUT2D eigenvalue weighted by Crippen LogP contribution is -2.02. The Hall–Kier alpha value is -1.72. The zero-order valence-electron chi connectivity index (χ0n) is 13.9. The Morgan fingerprint density at radius 1 is 0.962 bits per heavy atom. The first-order valence-corrected chi connectivity index (χ1v) is 10.4. The van der Waals surface area contributed by atoms with Crippen LogP contribution in [0.3, 0.4) is 0 Å². The molecule has 0 N–H and O–H groups in total.